The zero-order valence-electron chi connectivity index (χ0n) is 25.2. The van der Waals surface area contributed by atoms with Gasteiger partial charge in [0.05, 0.1) is 32.8 Å². The molecule has 1 heterocycles. The van der Waals surface area contributed by atoms with Gasteiger partial charge in [0.15, 0.2) is 8.32 Å². The fourth-order valence-corrected chi connectivity index (χ4v) is 8.70. The molecule has 2 aliphatic rings. The largest absolute Gasteiger partial charge is 0.493 e. The minimum absolute atomic E-state index is 0.0235. The number of carbonyl (C=O) groups excluding carboxylic acids is 1. The Hall–Kier alpha value is -1.59. The van der Waals surface area contributed by atoms with Gasteiger partial charge >= 0.3 is 12.1 Å². The van der Waals surface area contributed by atoms with Gasteiger partial charge in [-0.1, -0.05) is 72.9 Å². The molecule has 1 saturated heterocycles. The summed E-state index contributed by atoms with van der Waals surface area (Å²) in [5.74, 6) is 0.172. The third-order valence-electron chi connectivity index (χ3n) is 9.82. The van der Waals surface area contributed by atoms with Crippen LogP contribution in [0.5, 0.6) is 5.75 Å². The molecule has 1 aliphatic heterocycles. The molecule has 39 heavy (non-hydrogen) atoms. The van der Waals surface area contributed by atoms with E-state index in [1.807, 2.05) is 0 Å². The number of fused-ring (bicyclic) bond motifs is 2. The van der Waals surface area contributed by atoms with Crippen LogP contribution in [0.4, 0.5) is 13.2 Å². The standard InChI is InChI=1S/C30H47F3O4Si2/c1-28(2,3)38(7,8)22(19-35-21-13-11-12-20(16-21)30(31,32)33)14-15-23-24-17-27(34)36-25(23)18-26(24)37-39(9,10)29(4,5)6/h11-16,22-26H,17-19H2,1-10H3/t22-,23?,24?,25?,26?/m1/s1. The number of hydrogen-bond donors (Lipinski definition) is 0. The molecule has 5 atom stereocenters. The third-order valence-corrected chi connectivity index (χ3v) is 20.4. The molecule has 0 radical (unpaired) electrons. The topological polar surface area (TPSA) is 44.8 Å². The van der Waals surface area contributed by atoms with Gasteiger partial charge in [-0.3, -0.25) is 4.79 Å². The number of halogens is 3. The van der Waals surface area contributed by atoms with Crippen molar-refractivity contribution in [3.8, 4) is 5.75 Å². The van der Waals surface area contributed by atoms with E-state index in [4.69, 9.17) is 13.9 Å². The van der Waals surface area contributed by atoms with Crippen LogP contribution in [0, 0.1) is 11.8 Å². The average Bonchev–Trinajstić information content (AvgIpc) is 2.96. The predicted molar refractivity (Wildman–Crippen MR) is 155 cm³/mol. The van der Waals surface area contributed by atoms with Crippen LogP contribution in [0.25, 0.3) is 0 Å². The maximum atomic E-state index is 13.2. The molecule has 4 unspecified atom stereocenters. The van der Waals surface area contributed by atoms with Gasteiger partial charge in [-0.2, -0.15) is 13.2 Å². The summed E-state index contributed by atoms with van der Waals surface area (Å²) in [6.45, 7) is 22.7. The number of ether oxygens (including phenoxy) is 2. The summed E-state index contributed by atoms with van der Waals surface area (Å²) in [5.41, 5.74) is -0.670. The lowest BCUT2D eigenvalue weighted by atomic mass is 9.88. The van der Waals surface area contributed by atoms with Crippen molar-refractivity contribution in [2.45, 2.75) is 115 Å². The number of benzene rings is 1. The Bertz CT molecular complexity index is 1050. The normalized spacial score (nSPS) is 25.6. The van der Waals surface area contributed by atoms with Gasteiger partial charge in [0.1, 0.15) is 11.9 Å². The molecule has 3 rings (SSSR count). The second-order valence-electron chi connectivity index (χ2n) is 14.4. The minimum atomic E-state index is -4.42. The number of hydrogen-bond acceptors (Lipinski definition) is 4. The molecule has 1 aliphatic carbocycles. The van der Waals surface area contributed by atoms with E-state index in [0.717, 1.165) is 12.1 Å². The van der Waals surface area contributed by atoms with Crippen molar-refractivity contribution in [3.63, 3.8) is 0 Å². The Morgan fingerprint density at radius 1 is 1.05 bits per heavy atom. The number of rotatable bonds is 8. The highest BCUT2D eigenvalue weighted by Gasteiger charge is 2.52. The summed E-state index contributed by atoms with van der Waals surface area (Å²) in [6.07, 6.45) is 0.774. The molecule has 0 amide bonds. The smallest absolute Gasteiger partial charge is 0.416 e. The van der Waals surface area contributed by atoms with Crippen molar-refractivity contribution in [3.05, 3.63) is 42.0 Å². The van der Waals surface area contributed by atoms with Crippen LogP contribution in [0.1, 0.15) is 59.9 Å². The molecular weight excluding hydrogens is 537 g/mol. The average molecular weight is 585 g/mol. The highest BCUT2D eigenvalue weighted by molar-refractivity contribution is 6.82. The Morgan fingerprint density at radius 2 is 1.69 bits per heavy atom. The quantitative estimate of drug-likeness (QED) is 0.174. The van der Waals surface area contributed by atoms with Crippen molar-refractivity contribution in [1.82, 2.24) is 0 Å². The Morgan fingerprint density at radius 3 is 2.26 bits per heavy atom. The first-order valence-corrected chi connectivity index (χ1v) is 20.0. The summed E-state index contributed by atoms with van der Waals surface area (Å²) in [6, 6.07) is 5.08. The Kier molecular flexibility index (Phi) is 9.01. The van der Waals surface area contributed by atoms with Crippen LogP contribution >= 0.6 is 0 Å². The first-order chi connectivity index (χ1) is 17.6. The van der Waals surface area contributed by atoms with Gasteiger partial charge in [0.25, 0.3) is 0 Å². The molecule has 0 spiro atoms. The number of carbonyl (C=O) groups is 1. The fraction of sp³-hybridized carbons (Fsp3) is 0.700. The third kappa shape index (κ3) is 7.20. The van der Waals surface area contributed by atoms with E-state index in [2.05, 4.69) is 79.9 Å². The van der Waals surface area contributed by atoms with E-state index in [9.17, 15) is 18.0 Å². The van der Waals surface area contributed by atoms with Crippen LogP contribution in [0.15, 0.2) is 36.4 Å². The predicted octanol–water partition coefficient (Wildman–Crippen LogP) is 8.86. The van der Waals surface area contributed by atoms with Gasteiger partial charge in [-0.25, -0.2) is 0 Å². The molecule has 1 aromatic rings. The minimum Gasteiger partial charge on any atom is -0.493 e. The SMILES string of the molecule is CC(C)(C)[Si](C)(C)OC1CC2OC(=O)CC1C2C=C[C@H](COc1cccc(C(F)(F)F)c1)[Si](C)(C)C(C)(C)C. The van der Waals surface area contributed by atoms with E-state index in [-0.39, 0.29) is 51.4 Å². The zero-order valence-corrected chi connectivity index (χ0v) is 27.2. The van der Waals surface area contributed by atoms with Gasteiger partial charge in [-0.05, 0) is 41.4 Å². The molecule has 9 heteroatoms. The molecule has 0 N–H and O–H groups in total. The zero-order chi connectivity index (χ0) is 29.6. The van der Waals surface area contributed by atoms with Gasteiger partial charge < -0.3 is 13.9 Å². The van der Waals surface area contributed by atoms with Crippen molar-refractivity contribution < 1.29 is 31.9 Å². The van der Waals surface area contributed by atoms with Crippen LogP contribution in [0.3, 0.4) is 0 Å². The van der Waals surface area contributed by atoms with Gasteiger partial charge in [-0.15, -0.1) is 0 Å². The van der Waals surface area contributed by atoms with E-state index in [1.54, 1.807) is 6.07 Å². The first kappa shape index (κ1) is 31.9. The summed E-state index contributed by atoms with van der Waals surface area (Å²) >= 11 is 0. The van der Waals surface area contributed by atoms with Crippen molar-refractivity contribution in [1.29, 1.82) is 0 Å². The van der Waals surface area contributed by atoms with Crippen LogP contribution in [-0.4, -0.2) is 41.2 Å². The van der Waals surface area contributed by atoms with Crippen molar-refractivity contribution >= 4 is 22.4 Å². The number of alkyl halides is 3. The van der Waals surface area contributed by atoms with E-state index < -0.39 is 28.1 Å². The molecule has 1 aromatic carbocycles. The maximum Gasteiger partial charge on any atom is 0.416 e. The molecule has 2 fully saturated rings. The van der Waals surface area contributed by atoms with E-state index in [0.29, 0.717) is 19.4 Å². The van der Waals surface area contributed by atoms with E-state index in [1.165, 1.54) is 6.07 Å². The number of esters is 1. The second-order valence-corrected chi connectivity index (χ2v) is 24.9. The summed E-state index contributed by atoms with van der Waals surface area (Å²) < 4.78 is 58.3. The van der Waals surface area contributed by atoms with Gasteiger partial charge in [0.2, 0.25) is 0 Å². The van der Waals surface area contributed by atoms with Crippen LogP contribution < -0.4 is 4.74 Å². The van der Waals surface area contributed by atoms with Crippen molar-refractivity contribution in [2.75, 3.05) is 6.61 Å². The Balaban J connectivity index is 1.85. The monoisotopic (exact) mass is 584 g/mol. The molecule has 1 saturated carbocycles. The summed E-state index contributed by atoms with van der Waals surface area (Å²) in [4.78, 5) is 12.4. The molecule has 4 nitrogen and oxygen atoms in total. The maximum absolute atomic E-state index is 13.2. The second kappa shape index (κ2) is 11.0. The first-order valence-electron chi connectivity index (χ1n) is 14.0. The molecule has 0 aromatic heterocycles. The lowest BCUT2D eigenvalue weighted by Crippen LogP contribution is -2.45. The highest BCUT2D eigenvalue weighted by atomic mass is 28.4. The molecule has 220 valence electrons. The fourth-order valence-electron chi connectivity index (χ4n) is 5.12. The van der Waals surface area contributed by atoms with Gasteiger partial charge in [0, 0.05) is 23.8 Å². The lowest BCUT2D eigenvalue weighted by Gasteiger charge is -2.42. The van der Waals surface area contributed by atoms with E-state index >= 15 is 0 Å². The highest BCUT2D eigenvalue weighted by Crippen LogP contribution is 2.49. The summed E-state index contributed by atoms with van der Waals surface area (Å²) in [5, 5.41) is 0.0965. The lowest BCUT2D eigenvalue weighted by molar-refractivity contribution is -0.156. The molecule has 2 bridgehead atoms. The molecular formula is C30H47F3O4Si2. The summed E-state index contributed by atoms with van der Waals surface area (Å²) in [7, 11) is -4.04. The Labute approximate surface area is 234 Å². The van der Waals surface area contributed by atoms with Crippen LogP contribution in [0.2, 0.25) is 41.8 Å². The van der Waals surface area contributed by atoms with Crippen molar-refractivity contribution in [2.24, 2.45) is 11.8 Å². The van der Waals surface area contributed by atoms with Crippen LogP contribution in [-0.2, 0) is 20.1 Å².